The van der Waals surface area contributed by atoms with E-state index in [0.29, 0.717) is 19.8 Å². The smallest absolute Gasteiger partial charge is 0.429 e. The number of unbranched alkanes of at least 4 members (excludes halogenated alkanes) is 7. The molecule has 0 aliphatic heterocycles. The van der Waals surface area contributed by atoms with Crippen LogP contribution < -0.4 is 0 Å². The van der Waals surface area contributed by atoms with E-state index in [4.69, 9.17) is 4.55 Å². The fourth-order valence-corrected chi connectivity index (χ4v) is 3.62. The molecule has 0 amide bonds. The molecule has 1 unspecified atom stereocenters. The number of carbonyl (C=O) groups excluding carboxylic acids is 1. The van der Waals surface area contributed by atoms with Crippen molar-refractivity contribution in [3.63, 3.8) is 0 Å². The van der Waals surface area contributed by atoms with Gasteiger partial charge in [0.15, 0.2) is 0 Å². The second-order valence-corrected chi connectivity index (χ2v) is 9.14. The van der Waals surface area contributed by atoms with E-state index in [2.05, 4.69) is 18.6 Å². The maximum Gasteiger partial charge on any atom is 0.429 e. The summed E-state index contributed by atoms with van der Waals surface area (Å²) in [4.78, 5) is 11.7. The minimum Gasteiger partial charge on any atom is -0.448 e. The highest BCUT2D eigenvalue weighted by atomic mass is 32.2. The lowest BCUT2D eigenvalue weighted by Gasteiger charge is -2.30. The zero-order valence-corrected chi connectivity index (χ0v) is 17.3. The molecular formula is C18H33F3O5S. The quantitative estimate of drug-likeness (QED) is 0.235. The normalized spacial score (nSPS) is 15.0. The van der Waals surface area contributed by atoms with Crippen LogP contribution in [0.5, 0.6) is 0 Å². The predicted octanol–water partition coefficient (Wildman–Crippen LogP) is 5.30. The van der Waals surface area contributed by atoms with Gasteiger partial charge in [0.05, 0.1) is 0 Å². The molecule has 0 heterocycles. The van der Waals surface area contributed by atoms with Crippen molar-refractivity contribution in [2.45, 2.75) is 96.8 Å². The van der Waals surface area contributed by atoms with E-state index in [1.54, 1.807) is 0 Å². The molecular weight excluding hydrogens is 385 g/mol. The highest BCUT2D eigenvalue weighted by Crippen LogP contribution is 2.35. The van der Waals surface area contributed by atoms with E-state index in [9.17, 15) is 26.4 Å². The molecule has 0 saturated heterocycles. The number of alkyl halides is 3. The van der Waals surface area contributed by atoms with Gasteiger partial charge in [0.1, 0.15) is 5.75 Å². The number of carbonyl (C=O) groups is 1. The number of esters is 1. The van der Waals surface area contributed by atoms with E-state index >= 15 is 0 Å². The lowest BCUT2D eigenvalue weighted by molar-refractivity contribution is -0.256. The van der Waals surface area contributed by atoms with Crippen LogP contribution in [-0.4, -0.2) is 36.5 Å². The van der Waals surface area contributed by atoms with Crippen LogP contribution in [0.4, 0.5) is 13.2 Å². The Kier molecular flexibility index (Phi) is 11.5. The van der Waals surface area contributed by atoms with Crippen LogP contribution in [0.2, 0.25) is 0 Å². The zero-order chi connectivity index (χ0) is 21.1. The second kappa shape index (κ2) is 11.9. The molecule has 0 spiro atoms. The van der Waals surface area contributed by atoms with Gasteiger partial charge in [-0.1, -0.05) is 65.2 Å². The molecule has 0 aromatic rings. The molecule has 27 heavy (non-hydrogen) atoms. The van der Waals surface area contributed by atoms with Crippen LogP contribution in [-0.2, 0) is 19.6 Å². The van der Waals surface area contributed by atoms with Crippen molar-refractivity contribution in [2.24, 2.45) is 5.92 Å². The third kappa shape index (κ3) is 13.1. The van der Waals surface area contributed by atoms with Crippen LogP contribution in [0.3, 0.4) is 0 Å². The summed E-state index contributed by atoms with van der Waals surface area (Å²) in [5.74, 6) is -2.11. The maximum atomic E-state index is 13.0. The molecule has 9 heteroatoms. The van der Waals surface area contributed by atoms with Gasteiger partial charge in [-0.15, -0.1) is 0 Å². The molecule has 0 radical (unpaired) electrons. The Labute approximate surface area is 160 Å². The first-order valence-electron chi connectivity index (χ1n) is 9.50. The van der Waals surface area contributed by atoms with Gasteiger partial charge in [-0.3, -0.25) is 9.35 Å². The first kappa shape index (κ1) is 26.2. The number of rotatable bonds is 14. The van der Waals surface area contributed by atoms with Crippen LogP contribution >= 0.6 is 0 Å². The summed E-state index contributed by atoms with van der Waals surface area (Å²) in [5.41, 5.74) is -3.26. The summed E-state index contributed by atoms with van der Waals surface area (Å²) in [6, 6.07) is 0. The summed E-state index contributed by atoms with van der Waals surface area (Å²) in [7, 11) is -4.95. The van der Waals surface area contributed by atoms with Crippen molar-refractivity contribution in [1.29, 1.82) is 0 Å². The van der Waals surface area contributed by atoms with Gasteiger partial charge in [0.25, 0.3) is 10.1 Å². The Morgan fingerprint density at radius 2 is 1.41 bits per heavy atom. The fraction of sp³-hybridized carbons (Fsp3) is 0.944. The van der Waals surface area contributed by atoms with Gasteiger partial charge in [0, 0.05) is 6.42 Å². The van der Waals surface area contributed by atoms with Crippen molar-refractivity contribution >= 4 is 16.1 Å². The summed E-state index contributed by atoms with van der Waals surface area (Å²) in [6.45, 7) is 4.84. The summed E-state index contributed by atoms with van der Waals surface area (Å²) in [6.07, 6.45) is 3.58. The van der Waals surface area contributed by atoms with Crippen LogP contribution in [0.1, 0.15) is 85.0 Å². The van der Waals surface area contributed by atoms with Crippen molar-refractivity contribution in [1.82, 2.24) is 0 Å². The van der Waals surface area contributed by atoms with Gasteiger partial charge in [-0.25, -0.2) is 0 Å². The lowest BCUT2D eigenvalue weighted by atomic mass is 10.0. The Morgan fingerprint density at radius 1 is 0.963 bits per heavy atom. The molecule has 0 rings (SSSR count). The van der Waals surface area contributed by atoms with Gasteiger partial charge in [-0.05, 0) is 19.3 Å². The average molecular weight is 419 g/mol. The summed E-state index contributed by atoms with van der Waals surface area (Å²) >= 11 is 0. The minimum atomic E-state index is -5.10. The van der Waals surface area contributed by atoms with E-state index in [-0.39, 0.29) is 6.42 Å². The molecule has 0 aliphatic carbocycles. The fourth-order valence-electron chi connectivity index (χ4n) is 2.70. The Bertz CT molecular complexity index is 532. The van der Waals surface area contributed by atoms with Crippen molar-refractivity contribution in [3.05, 3.63) is 0 Å². The molecule has 0 aromatic heterocycles. The highest BCUT2D eigenvalue weighted by Gasteiger charge is 2.56. The second-order valence-electron chi connectivity index (χ2n) is 7.69. The third-order valence-corrected chi connectivity index (χ3v) is 5.22. The highest BCUT2D eigenvalue weighted by molar-refractivity contribution is 7.85. The molecule has 0 aromatic carbocycles. The molecule has 0 bridgehead atoms. The number of halogens is 3. The monoisotopic (exact) mass is 418 g/mol. The molecule has 162 valence electrons. The van der Waals surface area contributed by atoms with Crippen LogP contribution in [0, 0.1) is 5.92 Å². The lowest BCUT2D eigenvalue weighted by Crippen LogP contribution is -2.51. The molecule has 0 saturated carbocycles. The van der Waals surface area contributed by atoms with Crippen molar-refractivity contribution in [2.75, 3.05) is 5.75 Å². The maximum absolute atomic E-state index is 13.0. The minimum absolute atomic E-state index is 0.217. The van der Waals surface area contributed by atoms with Crippen molar-refractivity contribution in [3.8, 4) is 0 Å². The van der Waals surface area contributed by atoms with Crippen LogP contribution in [0.25, 0.3) is 0 Å². The third-order valence-electron chi connectivity index (χ3n) is 4.31. The Morgan fingerprint density at radius 3 is 1.81 bits per heavy atom. The van der Waals surface area contributed by atoms with Gasteiger partial charge in [0.2, 0.25) is 5.60 Å². The largest absolute Gasteiger partial charge is 0.448 e. The van der Waals surface area contributed by atoms with E-state index in [1.807, 2.05) is 0 Å². The first-order chi connectivity index (χ1) is 12.3. The zero-order valence-electron chi connectivity index (χ0n) is 16.5. The Hall–Kier alpha value is -0.830. The molecule has 1 atom stereocenters. The average Bonchev–Trinajstić information content (AvgIpc) is 2.45. The first-order valence-corrected chi connectivity index (χ1v) is 11.1. The van der Waals surface area contributed by atoms with E-state index < -0.39 is 33.6 Å². The van der Waals surface area contributed by atoms with Gasteiger partial charge < -0.3 is 4.74 Å². The van der Waals surface area contributed by atoms with Crippen molar-refractivity contribution < 1.29 is 35.7 Å². The molecule has 1 N–H and O–H groups in total. The Balaban J connectivity index is 4.04. The molecule has 5 nitrogen and oxygen atoms in total. The molecule has 0 aliphatic rings. The number of hydrogen-bond acceptors (Lipinski definition) is 4. The van der Waals surface area contributed by atoms with Crippen LogP contribution in [0.15, 0.2) is 0 Å². The topological polar surface area (TPSA) is 80.7 Å². The van der Waals surface area contributed by atoms with Gasteiger partial charge >= 0.3 is 12.1 Å². The van der Waals surface area contributed by atoms with E-state index in [0.717, 1.165) is 31.6 Å². The molecule has 0 fully saturated rings. The summed E-state index contributed by atoms with van der Waals surface area (Å²) in [5, 5.41) is 0. The van der Waals surface area contributed by atoms with Gasteiger partial charge in [-0.2, -0.15) is 21.6 Å². The predicted molar refractivity (Wildman–Crippen MR) is 98.0 cm³/mol. The number of ether oxygens (including phenoxy) is 1. The SMILES string of the molecule is CC(C)CCCCCCCCCCC(=O)OC(C)(CS(=O)(=O)O)C(F)(F)F. The summed E-state index contributed by atoms with van der Waals surface area (Å²) < 4.78 is 73.7. The number of hydrogen-bond donors (Lipinski definition) is 1. The standard InChI is InChI=1S/C18H33F3O5S/c1-15(2)12-10-8-6-4-5-7-9-11-13-16(22)26-17(3,18(19,20)21)14-27(23,24)25/h15H,4-14H2,1-3H3,(H,23,24,25). The van der Waals surface area contributed by atoms with E-state index in [1.165, 1.54) is 19.3 Å².